The SMILES string of the molecule is CCC1CCN(C(=O)NCC2CCOCC2)C(C(=O)O)C1. The smallest absolute Gasteiger partial charge is 0.326 e. The van der Waals surface area contributed by atoms with E-state index in [1.807, 2.05) is 0 Å². The number of carboxylic acid groups (broad SMARTS) is 1. The highest BCUT2D eigenvalue weighted by atomic mass is 16.5. The van der Waals surface area contributed by atoms with Gasteiger partial charge in [0.2, 0.25) is 0 Å². The number of carbonyl (C=O) groups is 2. The maximum atomic E-state index is 12.3. The number of amides is 2. The molecule has 2 saturated heterocycles. The molecule has 2 aliphatic heterocycles. The molecule has 0 aromatic carbocycles. The predicted octanol–water partition coefficient (Wildman–Crippen LogP) is 1.70. The van der Waals surface area contributed by atoms with Gasteiger partial charge in [-0.1, -0.05) is 13.3 Å². The Morgan fingerprint density at radius 1 is 1.24 bits per heavy atom. The maximum absolute atomic E-state index is 12.3. The van der Waals surface area contributed by atoms with Crippen LogP contribution in [0.1, 0.15) is 39.0 Å². The monoisotopic (exact) mass is 298 g/mol. The number of hydrogen-bond donors (Lipinski definition) is 2. The lowest BCUT2D eigenvalue weighted by Crippen LogP contribution is -2.54. The van der Waals surface area contributed by atoms with Crippen molar-refractivity contribution in [2.75, 3.05) is 26.3 Å². The Morgan fingerprint density at radius 2 is 1.95 bits per heavy atom. The third kappa shape index (κ3) is 4.33. The molecular weight excluding hydrogens is 272 g/mol. The van der Waals surface area contributed by atoms with Crippen LogP contribution in [0.2, 0.25) is 0 Å². The molecule has 0 spiro atoms. The van der Waals surface area contributed by atoms with E-state index in [2.05, 4.69) is 12.2 Å². The van der Waals surface area contributed by atoms with Crippen molar-refractivity contribution in [3.8, 4) is 0 Å². The summed E-state index contributed by atoms with van der Waals surface area (Å²) in [7, 11) is 0. The molecular formula is C15H26N2O4. The van der Waals surface area contributed by atoms with Crippen LogP contribution in [0.4, 0.5) is 4.79 Å². The van der Waals surface area contributed by atoms with Crippen LogP contribution in [-0.2, 0) is 9.53 Å². The summed E-state index contributed by atoms with van der Waals surface area (Å²) in [6.45, 7) is 4.72. The lowest BCUT2D eigenvalue weighted by Gasteiger charge is -2.37. The second-order valence-electron chi connectivity index (χ2n) is 6.09. The number of rotatable bonds is 4. The highest BCUT2D eigenvalue weighted by Crippen LogP contribution is 2.25. The summed E-state index contributed by atoms with van der Waals surface area (Å²) >= 11 is 0. The van der Waals surface area contributed by atoms with E-state index in [9.17, 15) is 14.7 Å². The van der Waals surface area contributed by atoms with Crippen molar-refractivity contribution in [1.29, 1.82) is 0 Å². The molecule has 0 bridgehead atoms. The number of carbonyl (C=O) groups excluding carboxylic acids is 1. The van der Waals surface area contributed by atoms with Gasteiger partial charge in [-0.05, 0) is 37.5 Å². The van der Waals surface area contributed by atoms with Gasteiger partial charge in [-0.15, -0.1) is 0 Å². The largest absolute Gasteiger partial charge is 0.480 e. The van der Waals surface area contributed by atoms with Crippen molar-refractivity contribution in [2.45, 2.75) is 45.1 Å². The molecule has 21 heavy (non-hydrogen) atoms. The van der Waals surface area contributed by atoms with E-state index < -0.39 is 12.0 Å². The van der Waals surface area contributed by atoms with Crippen LogP contribution < -0.4 is 5.32 Å². The van der Waals surface area contributed by atoms with Crippen LogP contribution >= 0.6 is 0 Å². The topological polar surface area (TPSA) is 78.9 Å². The van der Waals surface area contributed by atoms with E-state index in [0.29, 0.717) is 31.3 Å². The van der Waals surface area contributed by atoms with Gasteiger partial charge in [0.05, 0.1) is 0 Å². The molecule has 6 nitrogen and oxygen atoms in total. The molecule has 0 saturated carbocycles. The number of likely N-dealkylation sites (tertiary alicyclic amines) is 1. The summed E-state index contributed by atoms with van der Waals surface area (Å²) < 4.78 is 5.29. The Hall–Kier alpha value is -1.30. The summed E-state index contributed by atoms with van der Waals surface area (Å²) in [4.78, 5) is 25.2. The summed E-state index contributed by atoms with van der Waals surface area (Å²) in [6, 6.07) is -0.915. The third-order valence-electron chi connectivity index (χ3n) is 4.72. The van der Waals surface area contributed by atoms with Crippen LogP contribution in [0.5, 0.6) is 0 Å². The highest BCUT2D eigenvalue weighted by Gasteiger charge is 2.35. The molecule has 0 radical (unpaired) electrons. The Labute approximate surface area is 125 Å². The molecule has 0 aliphatic carbocycles. The highest BCUT2D eigenvalue weighted by molar-refractivity contribution is 5.82. The maximum Gasteiger partial charge on any atom is 0.326 e. The van der Waals surface area contributed by atoms with Crippen LogP contribution in [-0.4, -0.2) is 54.4 Å². The van der Waals surface area contributed by atoms with Crippen molar-refractivity contribution >= 4 is 12.0 Å². The van der Waals surface area contributed by atoms with Gasteiger partial charge in [0.15, 0.2) is 0 Å². The van der Waals surface area contributed by atoms with Crippen LogP contribution in [0.15, 0.2) is 0 Å². The first-order valence-corrected chi connectivity index (χ1v) is 7.96. The molecule has 2 fully saturated rings. The number of piperidine rings is 1. The van der Waals surface area contributed by atoms with E-state index in [1.54, 1.807) is 0 Å². The Morgan fingerprint density at radius 3 is 2.57 bits per heavy atom. The number of nitrogens with zero attached hydrogens (tertiary/aromatic N) is 1. The molecule has 6 heteroatoms. The van der Waals surface area contributed by atoms with Crippen LogP contribution in [0, 0.1) is 11.8 Å². The quantitative estimate of drug-likeness (QED) is 0.828. The first kappa shape index (κ1) is 16.1. The molecule has 0 aromatic rings. The second kappa shape index (κ2) is 7.64. The Balaban J connectivity index is 1.85. The number of urea groups is 1. The second-order valence-corrected chi connectivity index (χ2v) is 6.09. The van der Waals surface area contributed by atoms with Gasteiger partial charge in [-0.25, -0.2) is 9.59 Å². The zero-order chi connectivity index (χ0) is 15.2. The molecule has 120 valence electrons. The summed E-state index contributed by atoms with van der Waals surface area (Å²) in [5.74, 6) is -0.0424. The van der Waals surface area contributed by atoms with Crippen molar-refractivity contribution in [2.24, 2.45) is 11.8 Å². The summed E-state index contributed by atoms with van der Waals surface area (Å²) in [5.41, 5.74) is 0. The lowest BCUT2D eigenvalue weighted by atomic mass is 9.89. The fourth-order valence-corrected chi connectivity index (χ4v) is 3.17. The van der Waals surface area contributed by atoms with E-state index in [-0.39, 0.29) is 6.03 Å². The summed E-state index contributed by atoms with van der Waals surface area (Å²) in [5, 5.41) is 12.3. The van der Waals surface area contributed by atoms with Gasteiger partial charge >= 0.3 is 12.0 Å². The Kier molecular flexibility index (Phi) is 5.85. The minimum atomic E-state index is -0.894. The van der Waals surface area contributed by atoms with Gasteiger partial charge in [0.1, 0.15) is 6.04 Å². The standard InChI is InChI=1S/C15H26N2O4/c1-2-11-3-6-17(13(9-11)14(18)19)15(20)16-10-12-4-7-21-8-5-12/h11-13H,2-10H2,1H3,(H,16,20)(H,18,19). The molecule has 0 aromatic heterocycles. The van der Waals surface area contributed by atoms with Gasteiger partial charge in [0.25, 0.3) is 0 Å². The number of hydrogen-bond acceptors (Lipinski definition) is 3. The number of aliphatic carboxylic acids is 1. The van der Waals surface area contributed by atoms with Crippen molar-refractivity contribution in [3.63, 3.8) is 0 Å². The van der Waals surface area contributed by atoms with Gasteiger partial charge in [-0.3, -0.25) is 0 Å². The fraction of sp³-hybridized carbons (Fsp3) is 0.867. The summed E-state index contributed by atoms with van der Waals surface area (Å²) in [6.07, 6.45) is 4.35. The zero-order valence-corrected chi connectivity index (χ0v) is 12.7. The molecule has 2 atom stereocenters. The van der Waals surface area contributed by atoms with E-state index >= 15 is 0 Å². The third-order valence-corrected chi connectivity index (χ3v) is 4.72. The predicted molar refractivity (Wildman–Crippen MR) is 78.1 cm³/mol. The first-order chi connectivity index (χ1) is 10.1. The molecule has 2 rings (SSSR count). The van der Waals surface area contributed by atoms with Gasteiger partial charge in [0, 0.05) is 26.3 Å². The fourth-order valence-electron chi connectivity index (χ4n) is 3.17. The van der Waals surface area contributed by atoms with Crippen molar-refractivity contribution < 1.29 is 19.4 Å². The first-order valence-electron chi connectivity index (χ1n) is 7.96. The van der Waals surface area contributed by atoms with E-state index in [1.165, 1.54) is 4.90 Å². The van der Waals surface area contributed by atoms with Crippen LogP contribution in [0.25, 0.3) is 0 Å². The molecule has 2 aliphatic rings. The number of carboxylic acids is 1. The van der Waals surface area contributed by atoms with Gasteiger partial charge < -0.3 is 20.1 Å². The average Bonchev–Trinajstić information content (AvgIpc) is 2.52. The average molecular weight is 298 g/mol. The molecule has 2 heterocycles. The normalized spacial score (nSPS) is 27.4. The van der Waals surface area contributed by atoms with Crippen LogP contribution in [0.3, 0.4) is 0 Å². The zero-order valence-electron chi connectivity index (χ0n) is 12.7. The van der Waals surface area contributed by atoms with Crippen molar-refractivity contribution in [1.82, 2.24) is 10.2 Å². The number of nitrogens with one attached hydrogen (secondary N) is 1. The number of ether oxygens (including phenoxy) is 1. The van der Waals surface area contributed by atoms with Crippen molar-refractivity contribution in [3.05, 3.63) is 0 Å². The Bertz CT molecular complexity index is 369. The minimum absolute atomic E-state index is 0.233. The molecule has 2 amide bonds. The molecule has 2 N–H and O–H groups in total. The van der Waals surface area contributed by atoms with Gasteiger partial charge in [-0.2, -0.15) is 0 Å². The lowest BCUT2D eigenvalue weighted by molar-refractivity contribution is -0.144. The van der Waals surface area contributed by atoms with E-state index in [0.717, 1.165) is 38.9 Å². The van der Waals surface area contributed by atoms with E-state index in [4.69, 9.17) is 4.74 Å². The molecule has 2 unspecified atom stereocenters. The minimum Gasteiger partial charge on any atom is -0.480 e.